The van der Waals surface area contributed by atoms with Gasteiger partial charge in [-0.25, -0.2) is 14.2 Å². The van der Waals surface area contributed by atoms with Gasteiger partial charge in [0.1, 0.15) is 6.33 Å². The number of carbonyl (C=O) groups is 2. The summed E-state index contributed by atoms with van der Waals surface area (Å²) in [7, 11) is -2.64. The quantitative estimate of drug-likeness (QED) is 0.777. The third kappa shape index (κ3) is 4.56. The Balaban J connectivity index is 1.40. The summed E-state index contributed by atoms with van der Waals surface area (Å²) in [5.41, 5.74) is 0.567. The molecule has 1 spiro atoms. The van der Waals surface area contributed by atoms with Crippen LogP contribution in [0.2, 0.25) is 0 Å². The van der Waals surface area contributed by atoms with Gasteiger partial charge in [-0.05, 0) is 44.4 Å². The number of hydrogen-bond acceptors (Lipinski definition) is 6. The Labute approximate surface area is 177 Å². The molecule has 3 atom stereocenters. The van der Waals surface area contributed by atoms with Crippen LogP contribution < -0.4 is 5.32 Å². The van der Waals surface area contributed by atoms with E-state index in [1.165, 1.54) is 12.5 Å². The van der Waals surface area contributed by atoms with Crippen LogP contribution in [-0.2, 0) is 25.7 Å². The molecule has 0 aromatic carbocycles. The second-order valence-electron chi connectivity index (χ2n) is 8.86. The van der Waals surface area contributed by atoms with Crippen LogP contribution in [0.3, 0.4) is 0 Å². The van der Waals surface area contributed by atoms with Gasteiger partial charge < -0.3 is 10.1 Å². The topological polar surface area (TPSA) is 111 Å². The SMILES string of the molecule is CCc1ncncc1C(=O)N=S1(=O)CCC2(CC1)CC(NC(=O)C1CC1C)CCO2. The van der Waals surface area contributed by atoms with Gasteiger partial charge in [-0.3, -0.25) is 9.59 Å². The first-order valence-electron chi connectivity index (χ1n) is 10.8. The number of aromatic nitrogens is 2. The van der Waals surface area contributed by atoms with Crippen molar-refractivity contribution in [1.82, 2.24) is 15.3 Å². The Morgan fingerprint density at radius 1 is 1.37 bits per heavy atom. The first kappa shape index (κ1) is 21.4. The van der Waals surface area contributed by atoms with Gasteiger partial charge in [0.2, 0.25) is 5.91 Å². The molecule has 164 valence electrons. The molecule has 2 amide bonds. The molecule has 1 aromatic heterocycles. The van der Waals surface area contributed by atoms with E-state index in [1.807, 2.05) is 6.92 Å². The molecule has 2 aliphatic heterocycles. The Morgan fingerprint density at radius 2 is 2.10 bits per heavy atom. The minimum Gasteiger partial charge on any atom is -0.375 e. The van der Waals surface area contributed by atoms with Gasteiger partial charge in [0.15, 0.2) is 0 Å². The van der Waals surface area contributed by atoms with Gasteiger partial charge in [0, 0.05) is 36.3 Å². The van der Waals surface area contributed by atoms with E-state index in [0.717, 1.165) is 19.3 Å². The predicted molar refractivity (Wildman–Crippen MR) is 112 cm³/mol. The number of nitrogens with one attached hydrogen (secondary N) is 1. The Hall–Kier alpha value is -1.87. The summed E-state index contributed by atoms with van der Waals surface area (Å²) < 4.78 is 23.5. The number of carbonyl (C=O) groups excluding carboxylic acids is 2. The molecule has 1 saturated carbocycles. The van der Waals surface area contributed by atoms with Gasteiger partial charge in [-0.1, -0.05) is 13.8 Å². The van der Waals surface area contributed by atoms with Crippen LogP contribution in [0.4, 0.5) is 0 Å². The van der Waals surface area contributed by atoms with E-state index in [0.29, 0.717) is 54.6 Å². The van der Waals surface area contributed by atoms with Crippen LogP contribution in [0.5, 0.6) is 0 Å². The van der Waals surface area contributed by atoms with Crippen LogP contribution in [0.1, 0.15) is 62.0 Å². The predicted octanol–water partition coefficient (Wildman–Crippen LogP) is 2.13. The molecule has 1 N–H and O–H groups in total. The van der Waals surface area contributed by atoms with Crippen LogP contribution in [-0.4, -0.2) is 55.7 Å². The third-order valence-electron chi connectivity index (χ3n) is 6.65. The van der Waals surface area contributed by atoms with Crippen molar-refractivity contribution in [2.75, 3.05) is 18.1 Å². The lowest BCUT2D eigenvalue weighted by Gasteiger charge is -2.44. The fraction of sp³-hybridized carbons (Fsp3) is 0.714. The average molecular weight is 435 g/mol. The Kier molecular flexibility index (Phi) is 5.94. The summed E-state index contributed by atoms with van der Waals surface area (Å²) in [5.74, 6) is 0.958. The lowest BCUT2D eigenvalue weighted by molar-refractivity contribution is -0.127. The molecule has 0 radical (unpaired) electrons. The van der Waals surface area contributed by atoms with E-state index in [1.54, 1.807) is 0 Å². The van der Waals surface area contributed by atoms with Crippen molar-refractivity contribution in [1.29, 1.82) is 0 Å². The fourth-order valence-corrected chi connectivity index (χ4v) is 6.69. The summed E-state index contributed by atoms with van der Waals surface area (Å²) in [6.07, 6.45) is 7.12. The van der Waals surface area contributed by atoms with Crippen LogP contribution >= 0.6 is 0 Å². The third-order valence-corrected chi connectivity index (χ3v) is 8.83. The van der Waals surface area contributed by atoms with E-state index < -0.39 is 15.6 Å². The maximum absolute atomic E-state index is 13.3. The van der Waals surface area contributed by atoms with Gasteiger partial charge in [0.05, 0.1) is 26.6 Å². The molecule has 1 aliphatic carbocycles. The highest BCUT2D eigenvalue weighted by molar-refractivity contribution is 7.93. The normalized spacial score (nSPS) is 35.6. The van der Waals surface area contributed by atoms with Gasteiger partial charge >= 0.3 is 0 Å². The van der Waals surface area contributed by atoms with Crippen molar-refractivity contribution in [3.05, 3.63) is 23.8 Å². The van der Waals surface area contributed by atoms with Crippen LogP contribution in [0, 0.1) is 11.8 Å². The van der Waals surface area contributed by atoms with E-state index in [-0.39, 0.29) is 23.5 Å². The summed E-state index contributed by atoms with van der Waals surface area (Å²) in [4.78, 5) is 33.0. The fourth-order valence-electron chi connectivity index (χ4n) is 4.52. The Morgan fingerprint density at radius 3 is 2.77 bits per heavy atom. The number of aryl methyl sites for hydroxylation is 1. The average Bonchev–Trinajstić information content (AvgIpc) is 3.48. The summed E-state index contributed by atoms with van der Waals surface area (Å²) in [5, 5.41) is 3.19. The lowest BCUT2D eigenvalue weighted by Crippen LogP contribution is -2.52. The molecule has 30 heavy (non-hydrogen) atoms. The van der Waals surface area contributed by atoms with Crippen molar-refractivity contribution >= 4 is 21.5 Å². The molecular weight excluding hydrogens is 404 g/mol. The molecule has 0 bridgehead atoms. The van der Waals surface area contributed by atoms with Gasteiger partial charge in [-0.2, -0.15) is 4.36 Å². The zero-order chi connectivity index (χ0) is 21.4. The molecule has 9 heteroatoms. The van der Waals surface area contributed by atoms with E-state index >= 15 is 0 Å². The maximum Gasteiger partial charge on any atom is 0.288 e. The van der Waals surface area contributed by atoms with Gasteiger partial charge in [0.25, 0.3) is 5.91 Å². The largest absolute Gasteiger partial charge is 0.375 e. The second kappa shape index (κ2) is 8.34. The smallest absolute Gasteiger partial charge is 0.288 e. The highest BCUT2D eigenvalue weighted by atomic mass is 32.2. The first-order valence-corrected chi connectivity index (χ1v) is 12.7. The molecule has 3 unspecified atom stereocenters. The molecule has 1 aromatic rings. The van der Waals surface area contributed by atoms with Crippen molar-refractivity contribution in [3.63, 3.8) is 0 Å². The summed E-state index contributed by atoms with van der Waals surface area (Å²) in [6.45, 7) is 4.59. The maximum atomic E-state index is 13.3. The zero-order valence-electron chi connectivity index (χ0n) is 17.6. The first-order chi connectivity index (χ1) is 14.3. The highest BCUT2D eigenvalue weighted by Gasteiger charge is 2.44. The molecule has 8 nitrogen and oxygen atoms in total. The number of ether oxygens (including phenoxy) is 1. The number of nitrogens with zero attached hydrogens (tertiary/aromatic N) is 3. The number of amides is 2. The van der Waals surface area contributed by atoms with Crippen molar-refractivity contribution in [3.8, 4) is 0 Å². The van der Waals surface area contributed by atoms with Crippen molar-refractivity contribution in [2.24, 2.45) is 16.2 Å². The second-order valence-corrected chi connectivity index (χ2v) is 11.4. The molecule has 2 saturated heterocycles. The van der Waals surface area contributed by atoms with E-state index in [4.69, 9.17) is 4.74 Å². The standard InChI is InChI=1S/C21H30N4O4S/c1-3-18-17(12-22-13-23-18)20(27)25-30(28)8-5-21(6-9-30)11-15(4-7-29-21)24-19(26)16-10-14(16)2/h12-16H,3-11H2,1-2H3,(H,24,26). The highest BCUT2D eigenvalue weighted by Crippen LogP contribution is 2.39. The minimum atomic E-state index is -2.64. The van der Waals surface area contributed by atoms with Gasteiger partial charge in [-0.15, -0.1) is 0 Å². The van der Waals surface area contributed by atoms with Crippen molar-refractivity contribution < 1.29 is 18.5 Å². The van der Waals surface area contributed by atoms with Crippen LogP contribution in [0.15, 0.2) is 16.9 Å². The minimum absolute atomic E-state index is 0.0975. The molecule has 3 fully saturated rings. The molecule has 3 aliphatic rings. The summed E-state index contributed by atoms with van der Waals surface area (Å²) in [6, 6.07) is 0.0975. The number of rotatable bonds is 4. The number of hydrogen-bond donors (Lipinski definition) is 1. The van der Waals surface area contributed by atoms with E-state index in [2.05, 4.69) is 26.6 Å². The molecule has 4 rings (SSSR count). The monoisotopic (exact) mass is 434 g/mol. The van der Waals surface area contributed by atoms with Crippen LogP contribution in [0.25, 0.3) is 0 Å². The zero-order valence-corrected chi connectivity index (χ0v) is 18.5. The van der Waals surface area contributed by atoms with Crippen molar-refractivity contribution in [2.45, 2.75) is 64.0 Å². The van der Waals surface area contributed by atoms with E-state index in [9.17, 15) is 13.8 Å². The molecular formula is C21H30N4O4S. The Bertz CT molecular complexity index is 942. The lowest BCUT2D eigenvalue weighted by atomic mass is 9.85. The molecule has 3 heterocycles. The summed E-state index contributed by atoms with van der Waals surface area (Å²) >= 11 is 0.